The van der Waals surface area contributed by atoms with Crippen LogP contribution in [0.5, 0.6) is 5.75 Å². The minimum absolute atomic E-state index is 0.0600. The zero-order valence-electron chi connectivity index (χ0n) is 18.9. The fraction of sp³-hybridized carbons (Fsp3) is 0.609. The standard InChI is InChI=1S/C23H34N4O4/c1-4-30-21-9-7-20(8-10-21)27(14-5-11-24)22(28)17-25-12-6-13-26(16-15-25)23(29)31-18-19(2)3/h7-10,19H,4-6,12-18H2,1-3H3. The summed E-state index contributed by atoms with van der Waals surface area (Å²) in [7, 11) is 0. The molecular weight excluding hydrogens is 396 g/mol. The van der Waals surface area contributed by atoms with E-state index >= 15 is 0 Å². The van der Waals surface area contributed by atoms with Gasteiger partial charge in [0.15, 0.2) is 0 Å². The van der Waals surface area contributed by atoms with E-state index in [0.29, 0.717) is 45.3 Å². The molecule has 1 heterocycles. The summed E-state index contributed by atoms with van der Waals surface area (Å²) in [6.07, 6.45) is 0.756. The van der Waals surface area contributed by atoms with Crippen molar-refractivity contribution in [1.82, 2.24) is 9.80 Å². The topological polar surface area (TPSA) is 86.1 Å². The van der Waals surface area contributed by atoms with E-state index in [4.69, 9.17) is 14.7 Å². The van der Waals surface area contributed by atoms with Gasteiger partial charge >= 0.3 is 6.09 Å². The largest absolute Gasteiger partial charge is 0.494 e. The first kappa shape index (κ1) is 24.5. The zero-order valence-corrected chi connectivity index (χ0v) is 18.9. The van der Waals surface area contributed by atoms with E-state index in [0.717, 1.165) is 24.4 Å². The van der Waals surface area contributed by atoms with Crippen LogP contribution in [0, 0.1) is 17.2 Å². The number of anilines is 1. The molecule has 8 heteroatoms. The van der Waals surface area contributed by atoms with Crippen LogP contribution in [0.2, 0.25) is 0 Å². The van der Waals surface area contributed by atoms with Crippen molar-refractivity contribution >= 4 is 17.7 Å². The minimum Gasteiger partial charge on any atom is -0.494 e. The fourth-order valence-electron chi connectivity index (χ4n) is 3.37. The van der Waals surface area contributed by atoms with E-state index < -0.39 is 0 Å². The third-order valence-electron chi connectivity index (χ3n) is 4.95. The summed E-state index contributed by atoms with van der Waals surface area (Å²) >= 11 is 0. The molecule has 0 atom stereocenters. The van der Waals surface area contributed by atoms with E-state index in [1.807, 2.05) is 45.0 Å². The molecule has 2 rings (SSSR count). The average Bonchev–Trinajstić information content (AvgIpc) is 2.99. The number of nitrogens with zero attached hydrogens (tertiary/aromatic N) is 4. The molecule has 0 unspecified atom stereocenters. The van der Waals surface area contributed by atoms with Gasteiger partial charge in [-0.1, -0.05) is 13.8 Å². The van der Waals surface area contributed by atoms with Crippen LogP contribution < -0.4 is 9.64 Å². The summed E-state index contributed by atoms with van der Waals surface area (Å²) in [6, 6.07) is 9.46. The summed E-state index contributed by atoms with van der Waals surface area (Å²) in [5.41, 5.74) is 0.748. The average molecular weight is 431 g/mol. The summed E-state index contributed by atoms with van der Waals surface area (Å²) in [5, 5.41) is 9.01. The van der Waals surface area contributed by atoms with Gasteiger partial charge in [-0.2, -0.15) is 5.26 Å². The van der Waals surface area contributed by atoms with Crippen LogP contribution >= 0.6 is 0 Å². The van der Waals surface area contributed by atoms with Crippen molar-refractivity contribution in [2.75, 3.05) is 57.4 Å². The predicted octanol–water partition coefficient (Wildman–Crippen LogP) is 3.13. The Morgan fingerprint density at radius 3 is 2.55 bits per heavy atom. The van der Waals surface area contributed by atoms with Gasteiger partial charge in [0, 0.05) is 38.4 Å². The molecule has 0 bridgehead atoms. The third kappa shape index (κ3) is 8.10. The molecule has 1 aliphatic heterocycles. The van der Waals surface area contributed by atoms with E-state index in [2.05, 4.69) is 11.0 Å². The molecule has 0 saturated carbocycles. The van der Waals surface area contributed by atoms with Gasteiger partial charge in [0.1, 0.15) is 5.75 Å². The molecule has 0 aromatic heterocycles. The fourth-order valence-corrected chi connectivity index (χ4v) is 3.37. The SMILES string of the molecule is CCOc1ccc(N(CCC#N)C(=O)CN2CCCN(C(=O)OCC(C)C)CC2)cc1. The Hall–Kier alpha value is -2.79. The molecule has 1 saturated heterocycles. The molecule has 0 N–H and O–H groups in total. The highest BCUT2D eigenvalue weighted by Gasteiger charge is 2.24. The number of nitriles is 1. The van der Waals surface area contributed by atoms with Gasteiger partial charge in [0.2, 0.25) is 5.91 Å². The van der Waals surface area contributed by atoms with E-state index in [-0.39, 0.29) is 25.0 Å². The highest BCUT2D eigenvalue weighted by Crippen LogP contribution is 2.20. The van der Waals surface area contributed by atoms with E-state index in [9.17, 15) is 9.59 Å². The number of ether oxygens (including phenoxy) is 2. The maximum absolute atomic E-state index is 13.1. The quantitative estimate of drug-likeness (QED) is 0.598. The second-order valence-electron chi connectivity index (χ2n) is 7.97. The highest BCUT2D eigenvalue weighted by atomic mass is 16.6. The predicted molar refractivity (Wildman–Crippen MR) is 119 cm³/mol. The Bertz CT molecular complexity index is 745. The first-order chi connectivity index (χ1) is 14.9. The van der Waals surface area contributed by atoms with Crippen LogP contribution in [0.4, 0.5) is 10.5 Å². The molecule has 0 radical (unpaired) electrons. The van der Waals surface area contributed by atoms with Gasteiger partial charge in [0.25, 0.3) is 0 Å². The highest BCUT2D eigenvalue weighted by molar-refractivity contribution is 5.94. The molecule has 1 fully saturated rings. The number of benzene rings is 1. The molecule has 0 spiro atoms. The number of hydrogen-bond donors (Lipinski definition) is 0. The van der Waals surface area contributed by atoms with Gasteiger partial charge in [-0.05, 0) is 43.5 Å². The summed E-state index contributed by atoms with van der Waals surface area (Å²) in [6.45, 7) is 10.00. The van der Waals surface area contributed by atoms with E-state index in [1.54, 1.807) is 9.80 Å². The van der Waals surface area contributed by atoms with Gasteiger partial charge in [-0.3, -0.25) is 9.69 Å². The number of carbonyl (C=O) groups is 2. The molecule has 0 aliphatic carbocycles. The summed E-state index contributed by atoms with van der Waals surface area (Å²) in [4.78, 5) is 30.7. The van der Waals surface area contributed by atoms with Crippen LogP contribution in [-0.4, -0.2) is 74.3 Å². The normalized spacial score (nSPS) is 14.6. The van der Waals surface area contributed by atoms with Crippen molar-refractivity contribution in [2.45, 2.75) is 33.6 Å². The van der Waals surface area contributed by atoms with Crippen LogP contribution in [0.25, 0.3) is 0 Å². The van der Waals surface area contributed by atoms with Crippen LogP contribution in [0.1, 0.15) is 33.6 Å². The van der Waals surface area contributed by atoms with Crippen molar-refractivity contribution in [3.05, 3.63) is 24.3 Å². The molecule has 170 valence electrons. The molecule has 2 amide bonds. The van der Waals surface area contributed by atoms with Crippen molar-refractivity contribution in [1.29, 1.82) is 5.26 Å². The second-order valence-corrected chi connectivity index (χ2v) is 7.97. The Morgan fingerprint density at radius 1 is 1.16 bits per heavy atom. The molecule has 1 aromatic carbocycles. The lowest BCUT2D eigenvalue weighted by Crippen LogP contribution is -2.42. The molecular formula is C23H34N4O4. The monoisotopic (exact) mass is 430 g/mol. The summed E-state index contributed by atoms with van der Waals surface area (Å²) < 4.78 is 10.8. The first-order valence-electron chi connectivity index (χ1n) is 11.0. The van der Waals surface area contributed by atoms with Crippen LogP contribution in [0.15, 0.2) is 24.3 Å². The smallest absolute Gasteiger partial charge is 0.409 e. The first-order valence-corrected chi connectivity index (χ1v) is 11.0. The molecule has 1 aliphatic rings. The number of rotatable bonds is 9. The van der Waals surface area contributed by atoms with Gasteiger partial charge in [-0.25, -0.2) is 4.79 Å². The van der Waals surface area contributed by atoms with Crippen molar-refractivity contribution < 1.29 is 19.1 Å². The maximum atomic E-state index is 13.1. The lowest BCUT2D eigenvalue weighted by atomic mass is 10.2. The van der Waals surface area contributed by atoms with Gasteiger partial charge < -0.3 is 19.3 Å². The van der Waals surface area contributed by atoms with Crippen molar-refractivity contribution in [3.8, 4) is 11.8 Å². The molecule has 31 heavy (non-hydrogen) atoms. The maximum Gasteiger partial charge on any atom is 0.409 e. The molecule has 1 aromatic rings. The number of amides is 2. The summed E-state index contributed by atoms with van der Waals surface area (Å²) in [5.74, 6) is 0.984. The minimum atomic E-state index is -0.285. The van der Waals surface area contributed by atoms with Crippen LogP contribution in [0.3, 0.4) is 0 Å². The Morgan fingerprint density at radius 2 is 1.90 bits per heavy atom. The zero-order chi connectivity index (χ0) is 22.6. The van der Waals surface area contributed by atoms with Gasteiger partial charge in [-0.15, -0.1) is 0 Å². The Labute approximate surface area is 185 Å². The van der Waals surface area contributed by atoms with Crippen LogP contribution in [-0.2, 0) is 9.53 Å². The van der Waals surface area contributed by atoms with Crippen molar-refractivity contribution in [3.63, 3.8) is 0 Å². The van der Waals surface area contributed by atoms with E-state index in [1.165, 1.54) is 0 Å². The number of carbonyl (C=O) groups excluding carboxylic acids is 2. The Balaban J connectivity index is 1.96. The lowest BCUT2D eigenvalue weighted by molar-refractivity contribution is -0.119. The molecule has 8 nitrogen and oxygen atoms in total. The third-order valence-corrected chi connectivity index (χ3v) is 4.95. The second kappa shape index (κ2) is 12.8. The number of hydrogen-bond acceptors (Lipinski definition) is 6. The Kier molecular flexibility index (Phi) is 10.1. The lowest BCUT2D eigenvalue weighted by Gasteiger charge is -2.26. The van der Waals surface area contributed by atoms with Crippen molar-refractivity contribution in [2.24, 2.45) is 5.92 Å². The van der Waals surface area contributed by atoms with Gasteiger partial charge in [0.05, 0.1) is 32.2 Å².